The molecule has 0 bridgehead atoms. The summed E-state index contributed by atoms with van der Waals surface area (Å²) in [6.45, 7) is 1.37. The summed E-state index contributed by atoms with van der Waals surface area (Å²) in [5.41, 5.74) is 1.66. The molecule has 1 aromatic heterocycles. The summed E-state index contributed by atoms with van der Waals surface area (Å²) >= 11 is 3.43. The van der Waals surface area contributed by atoms with Gasteiger partial charge in [0.25, 0.3) is 0 Å². The Balaban J connectivity index is 2.46. The van der Waals surface area contributed by atoms with Crippen LogP contribution in [-0.2, 0) is 9.59 Å². The zero-order chi connectivity index (χ0) is 14.0. The Labute approximate surface area is 118 Å². The molecular formula is C13H13BrN2O3. The molecule has 1 heterocycles. The SMILES string of the molecule is CC(=O)NC(CC(=O)O)c1c[nH]c2c(Br)cccc12. The summed E-state index contributed by atoms with van der Waals surface area (Å²) < 4.78 is 0.896. The average molecular weight is 325 g/mol. The molecule has 0 saturated carbocycles. The van der Waals surface area contributed by atoms with Gasteiger partial charge in [0, 0.05) is 28.5 Å². The van der Waals surface area contributed by atoms with Crippen molar-refractivity contribution in [3.8, 4) is 0 Å². The Morgan fingerprint density at radius 2 is 2.21 bits per heavy atom. The second-order valence-corrected chi connectivity index (χ2v) is 5.11. The Bertz CT molecular complexity index is 620. The van der Waals surface area contributed by atoms with Crippen molar-refractivity contribution in [2.45, 2.75) is 19.4 Å². The number of benzene rings is 1. The van der Waals surface area contributed by atoms with E-state index >= 15 is 0 Å². The number of aliphatic carboxylic acids is 1. The van der Waals surface area contributed by atoms with Crippen LogP contribution < -0.4 is 5.32 Å². The van der Waals surface area contributed by atoms with Gasteiger partial charge in [0.15, 0.2) is 0 Å². The molecule has 2 rings (SSSR count). The molecule has 1 unspecified atom stereocenters. The zero-order valence-corrected chi connectivity index (χ0v) is 11.8. The molecule has 3 N–H and O–H groups in total. The predicted octanol–water partition coefficient (Wildman–Crippen LogP) is 2.58. The summed E-state index contributed by atoms with van der Waals surface area (Å²) in [7, 11) is 0. The predicted molar refractivity (Wildman–Crippen MR) is 74.8 cm³/mol. The average Bonchev–Trinajstić information content (AvgIpc) is 2.72. The first-order valence-electron chi connectivity index (χ1n) is 5.73. The van der Waals surface area contributed by atoms with Crippen molar-refractivity contribution < 1.29 is 14.7 Å². The van der Waals surface area contributed by atoms with Gasteiger partial charge >= 0.3 is 5.97 Å². The third-order valence-corrected chi connectivity index (χ3v) is 3.49. The molecule has 19 heavy (non-hydrogen) atoms. The number of carboxylic acids is 1. The first kappa shape index (κ1) is 13.6. The monoisotopic (exact) mass is 324 g/mol. The first-order valence-corrected chi connectivity index (χ1v) is 6.52. The molecule has 0 fully saturated rings. The van der Waals surface area contributed by atoms with Gasteiger partial charge in [0.1, 0.15) is 0 Å². The van der Waals surface area contributed by atoms with Crippen LogP contribution >= 0.6 is 15.9 Å². The van der Waals surface area contributed by atoms with Crippen molar-refractivity contribution >= 4 is 38.7 Å². The van der Waals surface area contributed by atoms with E-state index in [9.17, 15) is 9.59 Å². The molecule has 1 atom stereocenters. The van der Waals surface area contributed by atoms with Crippen molar-refractivity contribution in [3.63, 3.8) is 0 Å². The van der Waals surface area contributed by atoms with Crippen molar-refractivity contribution in [1.82, 2.24) is 10.3 Å². The van der Waals surface area contributed by atoms with E-state index in [1.165, 1.54) is 6.92 Å². The van der Waals surface area contributed by atoms with Crippen LogP contribution in [0.1, 0.15) is 24.9 Å². The number of amides is 1. The Hall–Kier alpha value is -1.82. The van der Waals surface area contributed by atoms with Gasteiger partial charge in [-0.15, -0.1) is 0 Å². The molecule has 0 radical (unpaired) electrons. The highest BCUT2D eigenvalue weighted by atomic mass is 79.9. The van der Waals surface area contributed by atoms with Crippen molar-refractivity contribution in [3.05, 3.63) is 34.4 Å². The van der Waals surface area contributed by atoms with E-state index in [0.717, 1.165) is 20.9 Å². The molecule has 0 spiro atoms. The molecule has 2 aromatic rings. The fraction of sp³-hybridized carbons (Fsp3) is 0.231. The van der Waals surface area contributed by atoms with Gasteiger partial charge in [0.05, 0.1) is 18.0 Å². The topological polar surface area (TPSA) is 82.2 Å². The number of aromatic amines is 1. The number of carbonyl (C=O) groups is 2. The highest BCUT2D eigenvalue weighted by Crippen LogP contribution is 2.30. The van der Waals surface area contributed by atoms with E-state index in [4.69, 9.17) is 5.11 Å². The molecular weight excluding hydrogens is 312 g/mol. The fourth-order valence-corrected chi connectivity index (χ4v) is 2.57. The van der Waals surface area contributed by atoms with Gasteiger partial charge < -0.3 is 15.4 Å². The number of hydrogen-bond donors (Lipinski definition) is 3. The molecule has 100 valence electrons. The number of para-hydroxylation sites is 1. The van der Waals surface area contributed by atoms with Crippen LogP contribution in [0.2, 0.25) is 0 Å². The van der Waals surface area contributed by atoms with Gasteiger partial charge in [-0.2, -0.15) is 0 Å². The number of nitrogens with one attached hydrogen (secondary N) is 2. The van der Waals surface area contributed by atoms with Crippen LogP contribution in [0.15, 0.2) is 28.9 Å². The Morgan fingerprint density at radius 1 is 1.47 bits per heavy atom. The minimum Gasteiger partial charge on any atom is -0.481 e. The molecule has 0 aliphatic heterocycles. The summed E-state index contributed by atoms with van der Waals surface area (Å²) in [5, 5.41) is 12.5. The van der Waals surface area contributed by atoms with Crippen molar-refractivity contribution in [2.75, 3.05) is 0 Å². The third-order valence-electron chi connectivity index (χ3n) is 2.83. The number of hydrogen-bond acceptors (Lipinski definition) is 2. The van der Waals surface area contributed by atoms with Gasteiger partial charge in [-0.1, -0.05) is 12.1 Å². The lowest BCUT2D eigenvalue weighted by Gasteiger charge is -2.15. The third kappa shape index (κ3) is 2.96. The van der Waals surface area contributed by atoms with E-state index in [1.54, 1.807) is 6.20 Å². The first-order chi connectivity index (χ1) is 8.99. The van der Waals surface area contributed by atoms with Gasteiger partial charge in [-0.3, -0.25) is 9.59 Å². The Morgan fingerprint density at radius 3 is 2.84 bits per heavy atom. The van der Waals surface area contributed by atoms with Crippen molar-refractivity contribution in [1.29, 1.82) is 0 Å². The maximum Gasteiger partial charge on any atom is 0.305 e. The number of aromatic nitrogens is 1. The Kier molecular flexibility index (Phi) is 3.90. The minimum atomic E-state index is -0.955. The molecule has 6 heteroatoms. The second kappa shape index (κ2) is 5.44. The van der Waals surface area contributed by atoms with Crippen LogP contribution in [0.3, 0.4) is 0 Å². The number of H-pyrrole nitrogens is 1. The van der Waals surface area contributed by atoms with Crippen LogP contribution in [-0.4, -0.2) is 22.0 Å². The number of carboxylic acid groups (broad SMARTS) is 1. The van der Waals surface area contributed by atoms with Gasteiger partial charge in [0.2, 0.25) is 5.91 Å². The quantitative estimate of drug-likeness (QED) is 0.808. The summed E-state index contributed by atoms with van der Waals surface area (Å²) in [5.74, 6) is -1.21. The van der Waals surface area contributed by atoms with E-state index in [0.29, 0.717) is 0 Å². The molecule has 0 aliphatic rings. The lowest BCUT2D eigenvalue weighted by molar-refractivity contribution is -0.137. The largest absolute Gasteiger partial charge is 0.481 e. The smallest absolute Gasteiger partial charge is 0.305 e. The fourth-order valence-electron chi connectivity index (χ4n) is 2.09. The molecule has 5 nitrogen and oxygen atoms in total. The maximum atomic E-state index is 11.2. The lowest BCUT2D eigenvalue weighted by Crippen LogP contribution is -2.27. The maximum absolute atomic E-state index is 11.2. The summed E-state index contributed by atoms with van der Waals surface area (Å²) in [6.07, 6.45) is 1.58. The molecule has 1 amide bonds. The molecule has 0 saturated heterocycles. The van der Waals surface area contributed by atoms with E-state index in [-0.39, 0.29) is 12.3 Å². The normalized spacial score (nSPS) is 12.3. The number of halogens is 1. The second-order valence-electron chi connectivity index (χ2n) is 4.26. The van der Waals surface area contributed by atoms with Crippen LogP contribution in [0.5, 0.6) is 0 Å². The van der Waals surface area contributed by atoms with Crippen LogP contribution in [0.25, 0.3) is 10.9 Å². The minimum absolute atomic E-state index is 0.154. The highest BCUT2D eigenvalue weighted by Gasteiger charge is 2.20. The molecule has 1 aromatic carbocycles. The number of carbonyl (C=O) groups excluding carboxylic acids is 1. The van der Waals surface area contributed by atoms with Gasteiger partial charge in [-0.25, -0.2) is 0 Å². The zero-order valence-electron chi connectivity index (χ0n) is 10.2. The van der Waals surface area contributed by atoms with Crippen LogP contribution in [0.4, 0.5) is 0 Å². The van der Waals surface area contributed by atoms with E-state index < -0.39 is 12.0 Å². The van der Waals surface area contributed by atoms with Gasteiger partial charge in [-0.05, 0) is 22.0 Å². The van der Waals surface area contributed by atoms with Crippen LogP contribution in [0, 0.1) is 0 Å². The van der Waals surface area contributed by atoms with Crippen molar-refractivity contribution in [2.24, 2.45) is 0 Å². The summed E-state index contributed by atoms with van der Waals surface area (Å²) in [6, 6.07) is 5.11. The van der Waals surface area contributed by atoms with E-state index in [2.05, 4.69) is 26.2 Å². The lowest BCUT2D eigenvalue weighted by atomic mass is 10.0. The standard InChI is InChI=1S/C13H13BrN2O3/c1-7(17)16-11(5-12(18)19)9-6-15-13-8(9)3-2-4-10(13)14/h2-4,6,11,15H,5H2,1H3,(H,16,17)(H,18,19). The summed E-state index contributed by atoms with van der Waals surface area (Å²) in [4.78, 5) is 25.2. The number of rotatable bonds is 4. The number of fused-ring (bicyclic) bond motifs is 1. The highest BCUT2D eigenvalue weighted by molar-refractivity contribution is 9.10. The molecule has 0 aliphatic carbocycles. The van der Waals surface area contributed by atoms with E-state index in [1.807, 2.05) is 18.2 Å².